The zero-order chi connectivity index (χ0) is 10.9. The van der Waals surface area contributed by atoms with Crippen molar-refractivity contribution in [2.75, 3.05) is 0 Å². The van der Waals surface area contributed by atoms with E-state index in [1.54, 1.807) is 13.3 Å². The van der Waals surface area contributed by atoms with E-state index in [1.165, 1.54) is 25.7 Å². The molecule has 0 rings (SSSR count). The molecule has 0 N–H and O–H groups in total. The first kappa shape index (κ1) is 14.5. The summed E-state index contributed by atoms with van der Waals surface area (Å²) in [5, 5.41) is 0. The molecule has 0 unspecified atom stereocenters. The summed E-state index contributed by atoms with van der Waals surface area (Å²) in [5.74, 6) is 0. The predicted octanol–water partition coefficient (Wildman–Crippen LogP) is 5.17. The van der Waals surface area contributed by atoms with Crippen molar-refractivity contribution >= 4 is 18.4 Å². The van der Waals surface area contributed by atoms with Gasteiger partial charge < -0.3 is 0 Å². The van der Waals surface area contributed by atoms with Gasteiger partial charge >= 0.3 is 95.2 Å². The van der Waals surface area contributed by atoms with Crippen LogP contribution in [0.3, 0.4) is 0 Å². The van der Waals surface area contributed by atoms with Crippen molar-refractivity contribution in [1.82, 2.24) is 0 Å². The van der Waals surface area contributed by atoms with E-state index < -0.39 is 18.4 Å². The van der Waals surface area contributed by atoms with Crippen molar-refractivity contribution in [1.29, 1.82) is 0 Å². The van der Waals surface area contributed by atoms with E-state index in [4.69, 9.17) is 0 Å². The summed E-state index contributed by atoms with van der Waals surface area (Å²) in [6.45, 7) is 9.33. The average molecular weight is 303 g/mol. The Morgan fingerprint density at radius 1 is 0.786 bits per heavy atom. The van der Waals surface area contributed by atoms with Crippen LogP contribution in [0.15, 0.2) is 10.2 Å². The summed E-state index contributed by atoms with van der Waals surface area (Å²) in [6, 6.07) is 0. The van der Waals surface area contributed by atoms with E-state index in [9.17, 15) is 0 Å². The number of allylic oxidation sites excluding steroid dienone is 1. The number of rotatable bonds is 8. The summed E-state index contributed by atoms with van der Waals surface area (Å²) in [7, 11) is 0. The summed E-state index contributed by atoms with van der Waals surface area (Å²) < 4.78 is 7.44. The van der Waals surface area contributed by atoms with Gasteiger partial charge in [-0.25, -0.2) is 0 Å². The molecule has 0 saturated heterocycles. The Kier molecular flexibility index (Phi) is 9.15. The second-order valence-electron chi connectivity index (χ2n) is 4.42. The summed E-state index contributed by atoms with van der Waals surface area (Å²) in [5.41, 5.74) is 0. The number of hydrogen-bond acceptors (Lipinski definition) is 0. The Balaban J connectivity index is 4.45. The fourth-order valence-electron chi connectivity index (χ4n) is 2.49. The van der Waals surface area contributed by atoms with Crippen LogP contribution >= 0.6 is 0 Å². The fraction of sp³-hybridized carbons (Fsp3) is 0.846. The topological polar surface area (TPSA) is 0 Å². The second kappa shape index (κ2) is 8.82. The van der Waals surface area contributed by atoms with Crippen LogP contribution in [-0.2, 0) is 0 Å². The van der Waals surface area contributed by atoms with Gasteiger partial charge in [-0.2, -0.15) is 0 Å². The molecule has 0 aromatic heterocycles. The van der Waals surface area contributed by atoms with Gasteiger partial charge in [-0.15, -0.1) is 0 Å². The third kappa shape index (κ3) is 5.43. The second-order valence-corrected chi connectivity index (χ2v) is 17.4. The molecule has 0 nitrogen and oxygen atoms in total. The molecule has 0 aromatic rings. The van der Waals surface area contributed by atoms with Gasteiger partial charge in [-0.1, -0.05) is 0 Å². The third-order valence-corrected chi connectivity index (χ3v) is 18.4. The first-order chi connectivity index (χ1) is 6.74. The van der Waals surface area contributed by atoms with E-state index in [0.29, 0.717) is 0 Å². The van der Waals surface area contributed by atoms with Crippen LogP contribution in [0, 0.1) is 0 Å². The molecule has 0 aliphatic rings. The van der Waals surface area contributed by atoms with Gasteiger partial charge in [-0.3, -0.25) is 0 Å². The minimum atomic E-state index is -1.77. The van der Waals surface area contributed by atoms with Crippen molar-refractivity contribution in [3.8, 4) is 0 Å². The van der Waals surface area contributed by atoms with Crippen LogP contribution in [0.25, 0.3) is 0 Å². The molecule has 0 atom stereocenters. The van der Waals surface area contributed by atoms with Gasteiger partial charge in [0.2, 0.25) is 0 Å². The van der Waals surface area contributed by atoms with E-state index in [-0.39, 0.29) is 0 Å². The van der Waals surface area contributed by atoms with E-state index in [0.717, 1.165) is 0 Å². The van der Waals surface area contributed by atoms with Crippen LogP contribution in [0.4, 0.5) is 0 Å². The van der Waals surface area contributed by atoms with Gasteiger partial charge in [0.15, 0.2) is 0 Å². The van der Waals surface area contributed by atoms with Crippen LogP contribution in [0.1, 0.15) is 53.4 Å². The van der Waals surface area contributed by atoms with Gasteiger partial charge in [0.1, 0.15) is 0 Å². The molecule has 14 heavy (non-hydrogen) atoms. The van der Waals surface area contributed by atoms with Gasteiger partial charge in [-0.05, 0) is 0 Å². The van der Waals surface area contributed by atoms with Crippen LogP contribution in [-0.4, -0.2) is 18.4 Å². The van der Waals surface area contributed by atoms with Crippen LogP contribution < -0.4 is 0 Å². The summed E-state index contributed by atoms with van der Waals surface area (Å²) in [4.78, 5) is 0. The molecule has 84 valence electrons. The molecule has 0 radical (unpaired) electrons. The SMILES string of the molecule is CCC=[CH][Sn]([CH2]CC)([CH2]CC)[CH2]CC. The molecule has 0 spiro atoms. The predicted molar refractivity (Wildman–Crippen MR) is 70.5 cm³/mol. The van der Waals surface area contributed by atoms with E-state index >= 15 is 0 Å². The summed E-state index contributed by atoms with van der Waals surface area (Å²) >= 11 is -1.77. The zero-order valence-corrected chi connectivity index (χ0v) is 13.5. The Morgan fingerprint density at radius 3 is 1.50 bits per heavy atom. The minimum absolute atomic E-state index is 1.23. The molecule has 0 aliphatic heterocycles. The third-order valence-electron chi connectivity index (χ3n) is 2.95. The average Bonchev–Trinajstić information content (AvgIpc) is 2.16. The molecule has 0 amide bonds. The molecular formula is C13H28Sn. The maximum atomic E-state index is 2.71. The molecule has 0 heterocycles. The van der Waals surface area contributed by atoms with Gasteiger partial charge in [0, 0.05) is 0 Å². The molecule has 0 aliphatic carbocycles. The first-order valence-corrected chi connectivity index (χ1v) is 14.1. The standard InChI is InChI=1S/C4H7.3C3H7.Sn/c1-3-4-2;3*1-3-2;/h1,3H,4H2,2H3;3*1,3H2,2H3;. The Labute approximate surface area is 95.0 Å². The summed E-state index contributed by atoms with van der Waals surface area (Å²) in [6.07, 6.45) is 7.91. The monoisotopic (exact) mass is 304 g/mol. The van der Waals surface area contributed by atoms with Crippen LogP contribution in [0.2, 0.25) is 13.3 Å². The van der Waals surface area contributed by atoms with Crippen molar-refractivity contribution in [3.63, 3.8) is 0 Å². The van der Waals surface area contributed by atoms with Crippen molar-refractivity contribution in [2.45, 2.75) is 66.7 Å². The van der Waals surface area contributed by atoms with Crippen molar-refractivity contribution < 1.29 is 0 Å². The molecule has 0 bridgehead atoms. The molecule has 0 aromatic carbocycles. The molecule has 0 fully saturated rings. The van der Waals surface area contributed by atoms with Gasteiger partial charge in [0.05, 0.1) is 0 Å². The van der Waals surface area contributed by atoms with Crippen molar-refractivity contribution in [2.24, 2.45) is 0 Å². The number of hydrogen-bond donors (Lipinski definition) is 0. The van der Waals surface area contributed by atoms with Crippen LogP contribution in [0.5, 0.6) is 0 Å². The zero-order valence-electron chi connectivity index (χ0n) is 10.6. The maximum absolute atomic E-state index is 2.71. The quantitative estimate of drug-likeness (QED) is 0.543. The molecule has 0 saturated carbocycles. The van der Waals surface area contributed by atoms with E-state index in [1.807, 2.05) is 0 Å². The Morgan fingerprint density at radius 2 is 1.21 bits per heavy atom. The normalized spacial score (nSPS) is 12.6. The Bertz CT molecular complexity index is 132. The first-order valence-electron chi connectivity index (χ1n) is 6.42. The van der Waals surface area contributed by atoms with Gasteiger partial charge in [0.25, 0.3) is 0 Å². The molecule has 1 heteroatoms. The Hall–Kier alpha value is 0.539. The van der Waals surface area contributed by atoms with E-state index in [2.05, 4.69) is 37.9 Å². The molecular weight excluding hydrogens is 275 g/mol. The fourth-order valence-corrected chi connectivity index (χ4v) is 16.7. The van der Waals surface area contributed by atoms with Crippen molar-refractivity contribution in [3.05, 3.63) is 10.2 Å².